The van der Waals surface area contributed by atoms with Crippen molar-refractivity contribution < 1.29 is 9.21 Å². The van der Waals surface area contributed by atoms with Gasteiger partial charge in [0.25, 0.3) is 11.1 Å². The molecule has 1 N–H and O–H groups in total. The molecule has 6 rings (SSSR count). The number of carbonyl (C=O) groups excluding carboxylic acids is 1. The molecule has 33 heavy (non-hydrogen) atoms. The summed E-state index contributed by atoms with van der Waals surface area (Å²) in [5, 5.41) is 9.37. The molecule has 162 valence electrons. The highest BCUT2D eigenvalue weighted by molar-refractivity contribution is 8.00. The molecule has 1 atom stereocenters. The van der Waals surface area contributed by atoms with Crippen LogP contribution in [0, 0.1) is 0 Å². The summed E-state index contributed by atoms with van der Waals surface area (Å²) in [6.45, 7) is 1.87. The molecule has 0 bridgehead atoms. The van der Waals surface area contributed by atoms with Crippen molar-refractivity contribution in [3.05, 3.63) is 79.0 Å². The van der Waals surface area contributed by atoms with E-state index >= 15 is 0 Å². The minimum Gasteiger partial charge on any atom is -0.411 e. The average molecular weight is 471 g/mol. The molecular formula is C25H18N4O2S2. The zero-order valence-corrected chi connectivity index (χ0v) is 19.2. The summed E-state index contributed by atoms with van der Waals surface area (Å²) in [4.78, 5) is 20.8. The first-order valence-electron chi connectivity index (χ1n) is 10.5. The van der Waals surface area contributed by atoms with E-state index in [1.54, 1.807) is 16.7 Å². The lowest BCUT2D eigenvalue weighted by atomic mass is 10.2. The van der Waals surface area contributed by atoms with Crippen molar-refractivity contribution in [2.45, 2.75) is 27.2 Å². The fraction of sp³-hybridized carbons (Fsp3) is 0.0800. The maximum atomic E-state index is 13.6. The first-order chi connectivity index (χ1) is 16.2. The van der Waals surface area contributed by atoms with Crippen molar-refractivity contribution in [1.29, 1.82) is 0 Å². The third-order valence-electron chi connectivity index (χ3n) is 5.50. The van der Waals surface area contributed by atoms with Crippen LogP contribution in [0.5, 0.6) is 0 Å². The lowest BCUT2D eigenvalue weighted by molar-refractivity contribution is -0.117. The molecule has 0 aliphatic carbocycles. The predicted molar refractivity (Wildman–Crippen MR) is 131 cm³/mol. The quantitative estimate of drug-likeness (QED) is 0.301. The molecular weight excluding hydrogens is 452 g/mol. The normalized spacial score (nSPS) is 13.5. The van der Waals surface area contributed by atoms with Crippen molar-refractivity contribution in [2.75, 3.05) is 4.90 Å². The number of hydrogen-bond acceptors (Lipinski definition) is 6. The number of hydrogen-bond donors (Lipinski definition) is 1. The molecule has 0 unspecified atom stereocenters. The molecule has 3 aromatic carbocycles. The number of para-hydroxylation sites is 3. The smallest absolute Gasteiger partial charge is 0.277 e. The summed E-state index contributed by atoms with van der Waals surface area (Å²) in [6.07, 6.45) is 1.86. The number of nitrogens with one attached hydrogen (secondary N) is 1. The summed E-state index contributed by atoms with van der Waals surface area (Å²) in [5.74, 6) is 0.395. The summed E-state index contributed by atoms with van der Waals surface area (Å²) in [6, 6.07) is 23.9. The Morgan fingerprint density at radius 1 is 0.970 bits per heavy atom. The summed E-state index contributed by atoms with van der Waals surface area (Å²) in [7, 11) is 0. The number of nitrogens with zero attached hydrogens (tertiary/aromatic N) is 3. The Bertz CT molecular complexity index is 1450. The molecule has 2 aromatic heterocycles. The topological polar surface area (TPSA) is 75.0 Å². The Kier molecular flexibility index (Phi) is 4.96. The van der Waals surface area contributed by atoms with Crippen molar-refractivity contribution in [1.82, 2.24) is 15.2 Å². The van der Waals surface area contributed by atoms with E-state index in [4.69, 9.17) is 4.42 Å². The highest BCUT2D eigenvalue weighted by Crippen LogP contribution is 2.48. The van der Waals surface area contributed by atoms with Crippen LogP contribution in [0.3, 0.4) is 0 Å². The van der Waals surface area contributed by atoms with Crippen LogP contribution in [0.1, 0.15) is 6.92 Å². The van der Waals surface area contributed by atoms with Gasteiger partial charge >= 0.3 is 0 Å². The van der Waals surface area contributed by atoms with E-state index < -0.39 is 5.25 Å². The molecule has 1 aliphatic rings. The van der Waals surface area contributed by atoms with Gasteiger partial charge in [0.15, 0.2) is 0 Å². The van der Waals surface area contributed by atoms with Gasteiger partial charge in [-0.15, -0.1) is 10.2 Å². The van der Waals surface area contributed by atoms with Crippen LogP contribution in [0.15, 0.2) is 98.4 Å². The average Bonchev–Trinajstić information content (AvgIpc) is 3.49. The molecule has 0 saturated heterocycles. The standard InChI is InChI=1S/C25H18N4O2S2/c1-15(32-25-28-27-23(31-25)17-14-26-18-9-3-2-8-16(17)18)24(30)29-19-10-4-6-12-21(19)33-22-13-7-5-11-20(22)29/h2-15,26H,1H3/t15-/m1/s1. The number of fused-ring (bicyclic) bond motifs is 3. The van der Waals surface area contributed by atoms with E-state index in [9.17, 15) is 4.79 Å². The molecule has 0 fully saturated rings. The largest absolute Gasteiger partial charge is 0.411 e. The van der Waals surface area contributed by atoms with Gasteiger partial charge in [0, 0.05) is 26.9 Å². The molecule has 5 aromatic rings. The van der Waals surface area contributed by atoms with Crippen LogP contribution in [-0.4, -0.2) is 26.3 Å². The number of H-pyrrole nitrogens is 1. The Hall–Kier alpha value is -3.49. The molecule has 1 amide bonds. The SMILES string of the molecule is C[C@@H](Sc1nnc(-c2c[nH]c3ccccc23)o1)C(=O)N1c2ccccc2Sc2ccccc21. The Morgan fingerprint density at radius 3 is 2.39 bits per heavy atom. The van der Waals surface area contributed by atoms with E-state index in [0.717, 1.165) is 37.6 Å². The number of aromatic nitrogens is 3. The lowest BCUT2D eigenvalue weighted by Crippen LogP contribution is -2.34. The second kappa shape index (κ2) is 8.13. The van der Waals surface area contributed by atoms with Crippen LogP contribution in [0.4, 0.5) is 11.4 Å². The molecule has 0 radical (unpaired) electrons. The van der Waals surface area contributed by atoms with Gasteiger partial charge in [-0.25, -0.2) is 0 Å². The Balaban J connectivity index is 1.28. The van der Waals surface area contributed by atoms with Crippen LogP contribution in [0.2, 0.25) is 0 Å². The third-order valence-corrected chi connectivity index (χ3v) is 7.56. The number of benzene rings is 3. The van der Waals surface area contributed by atoms with Crippen molar-refractivity contribution >= 4 is 51.7 Å². The Labute approximate surface area is 198 Å². The fourth-order valence-corrected chi connectivity index (χ4v) is 5.72. The molecule has 0 saturated carbocycles. The van der Waals surface area contributed by atoms with Gasteiger partial charge < -0.3 is 9.40 Å². The third kappa shape index (κ3) is 3.51. The first-order valence-corrected chi connectivity index (χ1v) is 12.2. The predicted octanol–water partition coefficient (Wildman–Crippen LogP) is 6.53. The molecule has 6 nitrogen and oxygen atoms in total. The van der Waals surface area contributed by atoms with E-state index in [-0.39, 0.29) is 5.91 Å². The zero-order valence-electron chi connectivity index (χ0n) is 17.6. The monoisotopic (exact) mass is 470 g/mol. The number of thioether (sulfide) groups is 1. The van der Waals surface area contributed by atoms with Gasteiger partial charge in [-0.2, -0.15) is 0 Å². The minimum atomic E-state index is -0.425. The lowest BCUT2D eigenvalue weighted by Gasteiger charge is -2.32. The van der Waals surface area contributed by atoms with Gasteiger partial charge in [-0.3, -0.25) is 9.69 Å². The van der Waals surface area contributed by atoms with E-state index in [0.29, 0.717) is 11.1 Å². The van der Waals surface area contributed by atoms with E-state index in [2.05, 4.69) is 15.2 Å². The molecule has 3 heterocycles. The second-order valence-corrected chi connectivity index (χ2v) is 9.97. The van der Waals surface area contributed by atoms with Crippen molar-refractivity contribution in [2.24, 2.45) is 0 Å². The minimum absolute atomic E-state index is 0.0351. The Morgan fingerprint density at radius 2 is 1.64 bits per heavy atom. The number of rotatable bonds is 4. The highest BCUT2D eigenvalue weighted by atomic mass is 32.2. The molecule has 0 spiro atoms. The number of anilines is 2. The molecule has 8 heteroatoms. The van der Waals surface area contributed by atoms with Gasteiger partial charge in [0.2, 0.25) is 5.91 Å². The van der Waals surface area contributed by atoms with Crippen LogP contribution in [0.25, 0.3) is 22.4 Å². The van der Waals surface area contributed by atoms with E-state index in [1.165, 1.54) is 11.8 Å². The van der Waals surface area contributed by atoms with Gasteiger partial charge in [-0.05, 0) is 37.3 Å². The number of carbonyl (C=O) groups is 1. The highest BCUT2D eigenvalue weighted by Gasteiger charge is 2.32. The van der Waals surface area contributed by atoms with Gasteiger partial charge in [-0.1, -0.05) is 66.0 Å². The second-order valence-electron chi connectivity index (χ2n) is 7.59. The van der Waals surface area contributed by atoms with Gasteiger partial charge in [0.05, 0.1) is 22.2 Å². The maximum absolute atomic E-state index is 13.6. The summed E-state index contributed by atoms with van der Waals surface area (Å²) in [5.41, 5.74) is 3.64. The number of aromatic amines is 1. The fourth-order valence-electron chi connectivity index (χ4n) is 3.94. The van der Waals surface area contributed by atoms with Gasteiger partial charge in [0.1, 0.15) is 0 Å². The van der Waals surface area contributed by atoms with Crippen molar-refractivity contribution in [3.8, 4) is 11.5 Å². The number of amides is 1. The van der Waals surface area contributed by atoms with Crippen LogP contribution < -0.4 is 4.90 Å². The summed E-state index contributed by atoms with van der Waals surface area (Å²) >= 11 is 2.95. The van der Waals surface area contributed by atoms with Crippen molar-refractivity contribution in [3.63, 3.8) is 0 Å². The maximum Gasteiger partial charge on any atom is 0.277 e. The first kappa shape index (κ1) is 20.1. The zero-order chi connectivity index (χ0) is 22.4. The van der Waals surface area contributed by atoms with Crippen LogP contribution in [-0.2, 0) is 4.79 Å². The summed E-state index contributed by atoms with van der Waals surface area (Å²) < 4.78 is 5.93. The van der Waals surface area contributed by atoms with E-state index in [1.807, 2.05) is 85.9 Å². The van der Waals surface area contributed by atoms with Crippen LogP contribution >= 0.6 is 23.5 Å². The molecule has 1 aliphatic heterocycles.